The highest BCUT2D eigenvalue weighted by Gasteiger charge is 2.25. The summed E-state index contributed by atoms with van der Waals surface area (Å²) in [6.45, 7) is 0. The third kappa shape index (κ3) is 3.74. The van der Waals surface area contributed by atoms with Crippen molar-refractivity contribution < 1.29 is 22.5 Å². The third-order valence-electron chi connectivity index (χ3n) is 2.27. The van der Waals surface area contributed by atoms with E-state index in [0.29, 0.717) is 5.33 Å². The molecule has 1 rings (SSSR count). The summed E-state index contributed by atoms with van der Waals surface area (Å²) in [5.74, 6) is 0. The molecule has 0 saturated carbocycles. The Morgan fingerprint density at radius 1 is 1.29 bits per heavy atom. The van der Waals surface area contributed by atoms with Crippen molar-refractivity contribution in [2.45, 2.75) is 23.5 Å². The standard InChI is InChI=1S/C10H12BrFO4S/c11-6-5-8(13)10(14)7-3-1-2-4-9(7)17(12,15)16/h1-4,8,10,13-14H,5-6H2. The van der Waals surface area contributed by atoms with E-state index >= 15 is 0 Å². The molecule has 7 heteroatoms. The Balaban J connectivity index is 3.14. The fourth-order valence-electron chi connectivity index (χ4n) is 1.42. The number of aliphatic hydroxyl groups is 2. The molecule has 0 bridgehead atoms. The second-order valence-corrected chi connectivity index (χ2v) is 5.57. The molecule has 0 radical (unpaired) electrons. The Morgan fingerprint density at radius 3 is 2.41 bits per heavy atom. The van der Waals surface area contributed by atoms with Gasteiger partial charge in [0.05, 0.1) is 6.10 Å². The van der Waals surface area contributed by atoms with Gasteiger partial charge in [-0.2, -0.15) is 8.42 Å². The maximum absolute atomic E-state index is 13.0. The van der Waals surface area contributed by atoms with Crippen molar-refractivity contribution in [1.82, 2.24) is 0 Å². The summed E-state index contributed by atoms with van der Waals surface area (Å²) in [6.07, 6.45) is -2.37. The largest absolute Gasteiger partial charge is 0.390 e. The van der Waals surface area contributed by atoms with Crippen LogP contribution < -0.4 is 0 Å². The molecule has 17 heavy (non-hydrogen) atoms. The van der Waals surface area contributed by atoms with E-state index in [0.717, 1.165) is 6.07 Å². The number of halogens is 2. The van der Waals surface area contributed by atoms with E-state index in [1.165, 1.54) is 18.2 Å². The molecule has 96 valence electrons. The highest BCUT2D eigenvalue weighted by atomic mass is 79.9. The van der Waals surface area contributed by atoms with Gasteiger partial charge in [-0.25, -0.2) is 0 Å². The van der Waals surface area contributed by atoms with E-state index in [1.54, 1.807) is 0 Å². The third-order valence-corrected chi connectivity index (χ3v) is 3.62. The number of benzene rings is 1. The van der Waals surface area contributed by atoms with Crippen LogP contribution in [-0.2, 0) is 10.2 Å². The molecule has 2 N–H and O–H groups in total. The summed E-state index contributed by atoms with van der Waals surface area (Å²) < 4.78 is 34.7. The maximum Gasteiger partial charge on any atom is 0.332 e. The minimum absolute atomic E-state index is 0.136. The predicted molar refractivity (Wildman–Crippen MR) is 64.1 cm³/mol. The lowest BCUT2D eigenvalue weighted by Crippen LogP contribution is -2.20. The molecule has 0 aliphatic heterocycles. The molecule has 0 amide bonds. The van der Waals surface area contributed by atoms with Gasteiger partial charge < -0.3 is 10.2 Å². The first-order valence-corrected chi connectivity index (χ1v) is 7.34. The first-order valence-electron chi connectivity index (χ1n) is 4.83. The van der Waals surface area contributed by atoms with Gasteiger partial charge in [0.1, 0.15) is 11.0 Å². The van der Waals surface area contributed by atoms with Crippen LogP contribution in [0.15, 0.2) is 29.2 Å². The second-order valence-electron chi connectivity index (χ2n) is 3.47. The zero-order valence-corrected chi connectivity index (χ0v) is 11.2. The fraction of sp³-hybridized carbons (Fsp3) is 0.400. The van der Waals surface area contributed by atoms with Gasteiger partial charge >= 0.3 is 10.2 Å². The van der Waals surface area contributed by atoms with Gasteiger partial charge in [-0.1, -0.05) is 34.1 Å². The molecule has 0 saturated heterocycles. The van der Waals surface area contributed by atoms with Gasteiger partial charge in [-0.3, -0.25) is 0 Å². The van der Waals surface area contributed by atoms with Crippen molar-refractivity contribution in [2.75, 3.05) is 5.33 Å². The van der Waals surface area contributed by atoms with Gasteiger partial charge in [0, 0.05) is 10.9 Å². The predicted octanol–water partition coefficient (Wildman–Crippen LogP) is 1.52. The van der Waals surface area contributed by atoms with Crippen LogP contribution in [0.3, 0.4) is 0 Å². The van der Waals surface area contributed by atoms with Crippen molar-refractivity contribution in [1.29, 1.82) is 0 Å². The average molecular weight is 327 g/mol. The molecular formula is C10H12BrFO4S. The van der Waals surface area contributed by atoms with Gasteiger partial charge in [-0.15, -0.1) is 3.89 Å². The molecule has 1 aromatic rings. The number of aliphatic hydroxyl groups excluding tert-OH is 2. The van der Waals surface area contributed by atoms with Crippen LogP contribution in [0.2, 0.25) is 0 Å². The first-order chi connectivity index (χ1) is 7.88. The molecule has 0 spiro atoms. The summed E-state index contributed by atoms with van der Waals surface area (Å²) in [5.41, 5.74) is -0.136. The summed E-state index contributed by atoms with van der Waals surface area (Å²) in [4.78, 5) is -0.610. The Kier molecular flexibility index (Phi) is 5.05. The lowest BCUT2D eigenvalue weighted by molar-refractivity contribution is 0.0157. The number of alkyl halides is 1. The van der Waals surface area contributed by atoms with E-state index in [-0.39, 0.29) is 12.0 Å². The Bertz CT molecular complexity index is 477. The van der Waals surface area contributed by atoms with Crippen molar-refractivity contribution in [3.63, 3.8) is 0 Å². The van der Waals surface area contributed by atoms with Crippen LogP contribution >= 0.6 is 15.9 Å². The summed E-state index contributed by atoms with van der Waals surface area (Å²) in [6, 6.07) is 5.14. The number of rotatable bonds is 5. The van der Waals surface area contributed by atoms with Gasteiger partial charge in [-0.05, 0) is 12.5 Å². The monoisotopic (exact) mass is 326 g/mol. The van der Waals surface area contributed by atoms with Gasteiger partial charge in [0.2, 0.25) is 0 Å². The highest BCUT2D eigenvalue weighted by Crippen LogP contribution is 2.27. The summed E-state index contributed by atoms with van der Waals surface area (Å²) in [7, 11) is -4.91. The van der Waals surface area contributed by atoms with Gasteiger partial charge in [0.15, 0.2) is 0 Å². The van der Waals surface area contributed by atoms with E-state index in [4.69, 9.17) is 0 Å². The molecule has 4 nitrogen and oxygen atoms in total. The van der Waals surface area contributed by atoms with Crippen LogP contribution in [0.4, 0.5) is 3.89 Å². The van der Waals surface area contributed by atoms with Crippen LogP contribution in [0.5, 0.6) is 0 Å². The molecule has 0 fully saturated rings. The Labute approximate surface area is 107 Å². The topological polar surface area (TPSA) is 74.6 Å². The SMILES string of the molecule is O=S(=O)(F)c1ccccc1C(O)C(O)CCBr. The smallest absolute Gasteiger partial charge is 0.332 e. The molecule has 0 aromatic heterocycles. The second kappa shape index (κ2) is 5.90. The Morgan fingerprint density at radius 2 is 1.88 bits per heavy atom. The molecule has 0 aliphatic carbocycles. The maximum atomic E-state index is 13.0. The molecule has 0 heterocycles. The Hall–Kier alpha value is -0.500. The molecule has 1 aromatic carbocycles. The normalized spacial score (nSPS) is 15.5. The van der Waals surface area contributed by atoms with Crippen molar-refractivity contribution in [3.8, 4) is 0 Å². The molecular weight excluding hydrogens is 315 g/mol. The molecule has 2 unspecified atom stereocenters. The molecule has 0 aliphatic rings. The van der Waals surface area contributed by atoms with Crippen molar-refractivity contribution in [2.24, 2.45) is 0 Å². The fourth-order valence-corrected chi connectivity index (χ4v) is 2.60. The first kappa shape index (κ1) is 14.6. The summed E-state index contributed by atoms with van der Waals surface area (Å²) in [5, 5.41) is 19.8. The lowest BCUT2D eigenvalue weighted by atomic mass is 10.0. The zero-order valence-electron chi connectivity index (χ0n) is 8.75. The highest BCUT2D eigenvalue weighted by molar-refractivity contribution is 9.09. The van der Waals surface area contributed by atoms with E-state index < -0.39 is 27.3 Å². The van der Waals surface area contributed by atoms with Gasteiger partial charge in [0.25, 0.3) is 0 Å². The summed E-state index contributed by atoms with van der Waals surface area (Å²) >= 11 is 3.09. The number of hydrogen-bond donors (Lipinski definition) is 2. The van der Waals surface area contributed by atoms with Crippen LogP contribution in [0.1, 0.15) is 18.1 Å². The van der Waals surface area contributed by atoms with E-state index in [2.05, 4.69) is 15.9 Å². The van der Waals surface area contributed by atoms with E-state index in [1.807, 2.05) is 0 Å². The minimum atomic E-state index is -4.91. The quantitative estimate of drug-likeness (QED) is 0.635. The zero-order chi connectivity index (χ0) is 13.1. The average Bonchev–Trinajstić information content (AvgIpc) is 2.27. The molecule has 2 atom stereocenters. The van der Waals surface area contributed by atoms with E-state index in [9.17, 15) is 22.5 Å². The lowest BCUT2D eigenvalue weighted by Gasteiger charge is -2.18. The number of hydrogen-bond acceptors (Lipinski definition) is 4. The van der Waals surface area contributed by atoms with Crippen molar-refractivity contribution in [3.05, 3.63) is 29.8 Å². The van der Waals surface area contributed by atoms with Crippen LogP contribution in [0.25, 0.3) is 0 Å². The minimum Gasteiger partial charge on any atom is -0.390 e. The van der Waals surface area contributed by atoms with Crippen LogP contribution in [0, 0.1) is 0 Å². The van der Waals surface area contributed by atoms with Crippen LogP contribution in [-0.4, -0.2) is 30.1 Å². The van der Waals surface area contributed by atoms with Crippen molar-refractivity contribution >= 4 is 26.2 Å².